The van der Waals surface area contributed by atoms with E-state index in [9.17, 15) is 4.39 Å². The molecular formula is C13H9FN2O. The maximum atomic E-state index is 13.3. The van der Waals surface area contributed by atoms with Gasteiger partial charge in [-0.2, -0.15) is 5.26 Å². The Morgan fingerprint density at radius 2 is 2.12 bits per heavy atom. The van der Waals surface area contributed by atoms with Gasteiger partial charge >= 0.3 is 0 Å². The highest BCUT2D eigenvalue weighted by Crippen LogP contribution is 2.12. The maximum absolute atomic E-state index is 13.3. The van der Waals surface area contributed by atoms with E-state index >= 15 is 0 Å². The van der Waals surface area contributed by atoms with E-state index in [0.29, 0.717) is 17.0 Å². The van der Waals surface area contributed by atoms with E-state index in [2.05, 4.69) is 4.98 Å². The number of ether oxygens (including phenoxy) is 1. The third-order valence-corrected chi connectivity index (χ3v) is 2.20. The second-order valence-corrected chi connectivity index (χ2v) is 3.37. The normalized spacial score (nSPS) is 9.65. The van der Waals surface area contributed by atoms with E-state index in [0.717, 1.165) is 0 Å². The summed E-state index contributed by atoms with van der Waals surface area (Å²) in [5.74, 6) is -0.00348. The number of aromatic nitrogens is 1. The Kier molecular flexibility index (Phi) is 3.31. The van der Waals surface area contributed by atoms with Gasteiger partial charge in [-0.1, -0.05) is 18.2 Å². The van der Waals surface area contributed by atoms with Gasteiger partial charge in [-0.15, -0.1) is 0 Å². The van der Waals surface area contributed by atoms with Crippen molar-refractivity contribution in [2.75, 3.05) is 0 Å². The third-order valence-electron chi connectivity index (χ3n) is 2.20. The summed E-state index contributed by atoms with van der Waals surface area (Å²) in [5, 5.41) is 8.70. The van der Waals surface area contributed by atoms with Crippen molar-refractivity contribution in [1.82, 2.24) is 4.98 Å². The van der Waals surface area contributed by atoms with Crippen LogP contribution in [0, 0.1) is 17.1 Å². The summed E-state index contributed by atoms with van der Waals surface area (Å²) in [4.78, 5) is 3.94. The van der Waals surface area contributed by atoms with Gasteiger partial charge in [0.2, 0.25) is 5.88 Å². The molecule has 0 saturated heterocycles. The number of halogens is 1. The van der Waals surface area contributed by atoms with Crippen LogP contribution in [0.1, 0.15) is 11.1 Å². The fourth-order valence-electron chi connectivity index (χ4n) is 1.33. The summed E-state index contributed by atoms with van der Waals surface area (Å²) in [6.07, 6.45) is 1.48. The molecule has 0 fully saturated rings. The van der Waals surface area contributed by atoms with Gasteiger partial charge < -0.3 is 4.74 Å². The van der Waals surface area contributed by atoms with Crippen LogP contribution >= 0.6 is 0 Å². The first-order valence-corrected chi connectivity index (χ1v) is 5.02. The molecule has 0 spiro atoms. The molecule has 17 heavy (non-hydrogen) atoms. The average molecular weight is 228 g/mol. The highest BCUT2D eigenvalue weighted by molar-refractivity contribution is 5.31. The van der Waals surface area contributed by atoms with Gasteiger partial charge in [-0.3, -0.25) is 0 Å². The summed E-state index contributed by atoms with van der Waals surface area (Å²) in [6, 6.07) is 11.4. The highest BCUT2D eigenvalue weighted by Gasteiger charge is 2.02. The Morgan fingerprint density at radius 3 is 2.88 bits per heavy atom. The number of nitriles is 1. The van der Waals surface area contributed by atoms with Gasteiger partial charge in [-0.05, 0) is 12.1 Å². The topological polar surface area (TPSA) is 45.9 Å². The molecule has 1 aromatic heterocycles. The molecule has 0 aliphatic carbocycles. The van der Waals surface area contributed by atoms with Gasteiger partial charge in [-0.25, -0.2) is 9.37 Å². The second kappa shape index (κ2) is 5.08. The number of hydrogen-bond donors (Lipinski definition) is 0. The van der Waals surface area contributed by atoms with Crippen LogP contribution in [0.5, 0.6) is 5.88 Å². The molecule has 84 valence electrons. The predicted octanol–water partition coefficient (Wildman–Crippen LogP) is 2.67. The van der Waals surface area contributed by atoms with Gasteiger partial charge in [0.25, 0.3) is 0 Å². The largest absolute Gasteiger partial charge is 0.473 e. The highest BCUT2D eigenvalue weighted by atomic mass is 19.1. The third kappa shape index (κ3) is 2.79. The quantitative estimate of drug-likeness (QED) is 0.811. The summed E-state index contributed by atoms with van der Waals surface area (Å²) in [5.41, 5.74) is 0.917. The molecular weight excluding hydrogens is 219 g/mol. The molecule has 2 aromatic rings. The van der Waals surface area contributed by atoms with Crippen molar-refractivity contribution in [1.29, 1.82) is 5.26 Å². The van der Waals surface area contributed by atoms with Crippen LogP contribution in [0.4, 0.5) is 4.39 Å². The van der Waals surface area contributed by atoms with Crippen molar-refractivity contribution in [3.05, 3.63) is 59.5 Å². The minimum absolute atomic E-state index is 0.0918. The molecule has 0 N–H and O–H groups in total. The van der Waals surface area contributed by atoms with E-state index in [1.165, 1.54) is 18.3 Å². The predicted molar refractivity (Wildman–Crippen MR) is 59.7 cm³/mol. The standard InChI is InChI=1S/C13H9FN2O/c14-12-4-2-1-3-11(12)9-17-13-7-10(8-15)5-6-16-13/h1-7H,9H2. The van der Waals surface area contributed by atoms with Crippen molar-refractivity contribution in [2.45, 2.75) is 6.61 Å². The van der Waals surface area contributed by atoms with Crippen molar-refractivity contribution >= 4 is 0 Å². The lowest BCUT2D eigenvalue weighted by Gasteiger charge is -2.05. The Bertz CT molecular complexity index is 563. The van der Waals surface area contributed by atoms with E-state index < -0.39 is 0 Å². The minimum Gasteiger partial charge on any atom is -0.473 e. The van der Waals surface area contributed by atoms with E-state index in [-0.39, 0.29) is 12.4 Å². The zero-order valence-electron chi connectivity index (χ0n) is 8.93. The number of hydrogen-bond acceptors (Lipinski definition) is 3. The summed E-state index contributed by atoms with van der Waals surface area (Å²) in [6.45, 7) is 0.0918. The van der Waals surface area contributed by atoms with E-state index in [1.54, 1.807) is 24.3 Å². The molecule has 0 saturated carbocycles. The van der Waals surface area contributed by atoms with Crippen molar-refractivity contribution in [3.63, 3.8) is 0 Å². The Morgan fingerprint density at radius 1 is 1.29 bits per heavy atom. The van der Waals surface area contributed by atoms with E-state index in [4.69, 9.17) is 10.00 Å². The van der Waals surface area contributed by atoms with Gasteiger partial charge in [0, 0.05) is 17.8 Å². The lowest BCUT2D eigenvalue weighted by molar-refractivity contribution is 0.288. The SMILES string of the molecule is N#Cc1ccnc(OCc2ccccc2F)c1. The van der Waals surface area contributed by atoms with E-state index in [1.807, 2.05) is 6.07 Å². The van der Waals surface area contributed by atoms with Crippen LogP contribution in [0.15, 0.2) is 42.6 Å². The molecule has 0 amide bonds. The average Bonchev–Trinajstić information content (AvgIpc) is 2.38. The van der Waals surface area contributed by atoms with Crippen LogP contribution in [0.3, 0.4) is 0 Å². The Labute approximate surface area is 98.1 Å². The van der Waals surface area contributed by atoms with Gasteiger partial charge in [0.15, 0.2) is 0 Å². The molecule has 0 bridgehead atoms. The Hall–Kier alpha value is -2.41. The molecule has 0 atom stereocenters. The van der Waals surface area contributed by atoms with Crippen molar-refractivity contribution in [3.8, 4) is 11.9 Å². The van der Waals surface area contributed by atoms with Crippen LogP contribution in [-0.2, 0) is 6.61 Å². The fraction of sp³-hybridized carbons (Fsp3) is 0.0769. The second-order valence-electron chi connectivity index (χ2n) is 3.37. The Balaban J connectivity index is 2.08. The molecule has 2 rings (SSSR count). The molecule has 0 unspecified atom stereocenters. The maximum Gasteiger partial charge on any atom is 0.214 e. The monoisotopic (exact) mass is 228 g/mol. The molecule has 0 aliphatic rings. The minimum atomic E-state index is -0.316. The number of rotatable bonds is 3. The van der Waals surface area contributed by atoms with Crippen LogP contribution in [-0.4, -0.2) is 4.98 Å². The first kappa shape index (κ1) is 11.1. The van der Waals surface area contributed by atoms with Crippen LogP contribution in [0.2, 0.25) is 0 Å². The molecule has 0 aliphatic heterocycles. The lowest BCUT2D eigenvalue weighted by atomic mass is 10.2. The fourth-order valence-corrected chi connectivity index (χ4v) is 1.33. The van der Waals surface area contributed by atoms with Gasteiger partial charge in [0.1, 0.15) is 12.4 Å². The van der Waals surface area contributed by atoms with Crippen molar-refractivity contribution in [2.24, 2.45) is 0 Å². The molecule has 0 radical (unpaired) electrons. The zero-order valence-corrected chi connectivity index (χ0v) is 8.93. The summed E-state index contributed by atoms with van der Waals surface area (Å²) >= 11 is 0. The number of benzene rings is 1. The number of pyridine rings is 1. The summed E-state index contributed by atoms with van der Waals surface area (Å²) in [7, 11) is 0. The lowest BCUT2D eigenvalue weighted by Crippen LogP contribution is -1.99. The molecule has 4 heteroatoms. The first-order chi connectivity index (χ1) is 8.29. The molecule has 1 aromatic carbocycles. The van der Waals surface area contributed by atoms with Crippen molar-refractivity contribution < 1.29 is 9.13 Å². The zero-order chi connectivity index (χ0) is 12.1. The smallest absolute Gasteiger partial charge is 0.214 e. The molecule has 1 heterocycles. The van der Waals surface area contributed by atoms with Crippen LogP contribution in [0.25, 0.3) is 0 Å². The number of nitrogens with zero attached hydrogens (tertiary/aromatic N) is 2. The van der Waals surface area contributed by atoms with Gasteiger partial charge in [0.05, 0.1) is 11.6 Å². The molecule has 3 nitrogen and oxygen atoms in total. The summed E-state index contributed by atoms with van der Waals surface area (Å²) < 4.78 is 18.6. The first-order valence-electron chi connectivity index (χ1n) is 5.02. The van der Waals surface area contributed by atoms with Crippen LogP contribution < -0.4 is 4.74 Å².